The van der Waals surface area contributed by atoms with Gasteiger partial charge in [0.2, 0.25) is 0 Å². The van der Waals surface area contributed by atoms with Crippen LogP contribution in [-0.4, -0.2) is 19.0 Å². The Kier molecular flexibility index (Phi) is 13.8. The van der Waals surface area contributed by atoms with E-state index in [9.17, 15) is 0 Å². The summed E-state index contributed by atoms with van der Waals surface area (Å²) in [6.07, 6.45) is 0. The molecule has 0 heterocycles. The molecule has 0 rings (SSSR count). The standard InChI is InChI=1S/2C8H18S.ClH.Rh/c2*1-7(2,3)9-8(4,5)6;;/h2*1-6H3;1H;/q;;;+1/p-1. The molecule has 0 saturated carbocycles. The Morgan fingerprint density at radius 2 is 0.550 bits per heavy atom. The van der Waals surface area contributed by atoms with Crippen LogP contribution in [0.15, 0.2) is 0 Å². The maximum atomic E-state index is 4.53. The van der Waals surface area contributed by atoms with Gasteiger partial charge in [-0.1, -0.05) is 83.1 Å². The van der Waals surface area contributed by atoms with Crippen molar-refractivity contribution in [1.29, 1.82) is 0 Å². The Hall–Kier alpha value is 1.61. The Labute approximate surface area is 152 Å². The molecule has 20 heavy (non-hydrogen) atoms. The van der Waals surface area contributed by atoms with Crippen molar-refractivity contribution < 1.29 is 17.3 Å². The van der Waals surface area contributed by atoms with Gasteiger partial charge < -0.3 is 0 Å². The minimum absolute atomic E-state index is 0.401. The zero-order chi connectivity index (χ0) is 17.4. The van der Waals surface area contributed by atoms with E-state index in [2.05, 4.69) is 92.8 Å². The van der Waals surface area contributed by atoms with Crippen molar-refractivity contribution in [2.45, 2.75) is 102 Å². The fourth-order valence-corrected chi connectivity index (χ4v) is 5.51. The second kappa shape index (κ2) is 10.4. The van der Waals surface area contributed by atoms with E-state index in [1.165, 1.54) is 0 Å². The van der Waals surface area contributed by atoms with Crippen LogP contribution >= 0.6 is 33.2 Å². The van der Waals surface area contributed by atoms with Gasteiger partial charge in [0.1, 0.15) is 0 Å². The maximum absolute atomic E-state index is 4.53. The molecule has 0 aliphatic carbocycles. The molecule has 0 nitrogen and oxygen atoms in total. The SMILES string of the molecule is CC(C)(C)SC(C)(C)C.CC(C)(C)SC(C)(C)C.[Cl][Rh]. The first kappa shape index (κ1) is 26.5. The van der Waals surface area contributed by atoms with E-state index in [0.29, 0.717) is 19.0 Å². The molecule has 0 aromatic rings. The molecule has 0 aliphatic heterocycles. The average molecular weight is 431 g/mol. The summed E-state index contributed by atoms with van der Waals surface area (Å²) in [5, 5.41) is 0. The van der Waals surface area contributed by atoms with Gasteiger partial charge >= 0.3 is 27.0 Å². The molecule has 0 N–H and O–H groups in total. The number of rotatable bonds is 0. The van der Waals surface area contributed by atoms with E-state index in [1.54, 1.807) is 0 Å². The molecule has 0 bridgehead atoms. The minimum atomic E-state index is 0.401. The third-order valence-electron chi connectivity index (χ3n) is 1.22. The molecule has 128 valence electrons. The molecule has 0 aliphatic rings. The van der Waals surface area contributed by atoms with E-state index in [-0.39, 0.29) is 0 Å². The molecule has 0 spiro atoms. The zero-order valence-electron chi connectivity index (χ0n) is 15.5. The van der Waals surface area contributed by atoms with Gasteiger partial charge in [0.05, 0.1) is 0 Å². The van der Waals surface area contributed by atoms with Crippen molar-refractivity contribution in [1.82, 2.24) is 0 Å². The van der Waals surface area contributed by atoms with Crippen LogP contribution < -0.4 is 0 Å². The molecular formula is C16H36ClRhS2. The topological polar surface area (TPSA) is 0 Å². The van der Waals surface area contributed by atoms with Crippen LogP contribution in [0.25, 0.3) is 0 Å². The van der Waals surface area contributed by atoms with Crippen molar-refractivity contribution in [2.24, 2.45) is 0 Å². The Bertz CT molecular complexity index is 177. The molecule has 0 amide bonds. The third-order valence-corrected chi connectivity index (χ3v) is 3.67. The fraction of sp³-hybridized carbons (Fsp3) is 1.00. The molecule has 0 fully saturated rings. The van der Waals surface area contributed by atoms with Crippen LogP contribution in [-0.2, 0) is 17.3 Å². The van der Waals surface area contributed by atoms with Gasteiger partial charge in [0.25, 0.3) is 0 Å². The Morgan fingerprint density at radius 1 is 0.450 bits per heavy atom. The van der Waals surface area contributed by atoms with Crippen LogP contribution in [0, 0.1) is 0 Å². The average Bonchev–Trinajstić information content (AvgIpc) is 1.93. The molecule has 0 saturated heterocycles. The summed E-state index contributed by atoms with van der Waals surface area (Å²) in [6.45, 7) is 27.0. The van der Waals surface area contributed by atoms with Crippen molar-refractivity contribution in [3.05, 3.63) is 0 Å². The van der Waals surface area contributed by atoms with Crippen LogP contribution in [0.1, 0.15) is 83.1 Å². The Balaban J connectivity index is -0.000000257. The van der Waals surface area contributed by atoms with Gasteiger partial charge in [-0.05, 0) is 0 Å². The van der Waals surface area contributed by atoms with Gasteiger partial charge in [0.15, 0.2) is 0 Å². The molecule has 0 aromatic heterocycles. The molecule has 4 heteroatoms. The predicted molar refractivity (Wildman–Crippen MR) is 100 cm³/mol. The quantitative estimate of drug-likeness (QED) is 0.369. The summed E-state index contributed by atoms with van der Waals surface area (Å²) in [6, 6.07) is 0. The van der Waals surface area contributed by atoms with Crippen LogP contribution in [0.3, 0.4) is 0 Å². The number of halogens is 1. The van der Waals surface area contributed by atoms with Crippen LogP contribution in [0.4, 0.5) is 0 Å². The van der Waals surface area contributed by atoms with Gasteiger partial charge in [0, 0.05) is 19.0 Å². The van der Waals surface area contributed by atoms with Gasteiger partial charge in [-0.25, -0.2) is 0 Å². The van der Waals surface area contributed by atoms with E-state index >= 15 is 0 Å². The zero-order valence-corrected chi connectivity index (χ0v) is 19.6. The first-order valence-corrected chi connectivity index (χ1v) is 10.7. The van der Waals surface area contributed by atoms with Crippen molar-refractivity contribution in [3.63, 3.8) is 0 Å². The van der Waals surface area contributed by atoms with E-state index < -0.39 is 0 Å². The van der Waals surface area contributed by atoms with E-state index in [1.807, 2.05) is 40.8 Å². The molecule has 0 unspecified atom stereocenters. The Morgan fingerprint density at radius 3 is 0.550 bits per heavy atom. The summed E-state index contributed by atoms with van der Waals surface area (Å²) in [5.41, 5.74) is 0. The van der Waals surface area contributed by atoms with Gasteiger partial charge in [-0.3, -0.25) is 0 Å². The third kappa shape index (κ3) is 36.7. The summed E-state index contributed by atoms with van der Waals surface area (Å²) < 4.78 is 1.60. The van der Waals surface area contributed by atoms with E-state index in [4.69, 9.17) is 0 Å². The second-order valence-corrected chi connectivity index (χ2v) is 14.0. The molecule has 0 radical (unpaired) electrons. The molecular weight excluding hydrogens is 395 g/mol. The number of thioether (sulfide) groups is 2. The van der Waals surface area contributed by atoms with E-state index in [0.717, 1.165) is 0 Å². The van der Waals surface area contributed by atoms with Crippen LogP contribution in [0.5, 0.6) is 0 Å². The molecule has 0 aromatic carbocycles. The summed E-state index contributed by atoms with van der Waals surface area (Å²) in [7, 11) is 4.53. The predicted octanol–water partition coefficient (Wildman–Crippen LogP) is 7.32. The van der Waals surface area contributed by atoms with Crippen LogP contribution in [0.2, 0.25) is 0 Å². The first-order chi connectivity index (χ1) is 8.41. The molecule has 0 atom stereocenters. The van der Waals surface area contributed by atoms with Gasteiger partial charge in [-0.15, -0.1) is 0 Å². The number of hydrogen-bond acceptors (Lipinski definition) is 2. The summed E-state index contributed by atoms with van der Waals surface area (Å²) in [5.74, 6) is 0. The second-order valence-electron chi connectivity index (χ2n) is 8.65. The summed E-state index contributed by atoms with van der Waals surface area (Å²) >= 11 is 6.05. The van der Waals surface area contributed by atoms with Crippen molar-refractivity contribution in [2.75, 3.05) is 0 Å². The van der Waals surface area contributed by atoms with Gasteiger partial charge in [-0.2, -0.15) is 23.5 Å². The normalized spacial score (nSPS) is 12.9. The summed E-state index contributed by atoms with van der Waals surface area (Å²) in [4.78, 5) is 0. The fourth-order valence-electron chi connectivity index (χ4n) is 1.84. The first-order valence-electron chi connectivity index (χ1n) is 6.94. The van der Waals surface area contributed by atoms with Crippen molar-refractivity contribution in [3.8, 4) is 0 Å². The number of hydrogen-bond donors (Lipinski definition) is 0. The monoisotopic (exact) mass is 430 g/mol. The van der Waals surface area contributed by atoms with Crippen molar-refractivity contribution >= 4 is 33.2 Å².